The van der Waals surface area contributed by atoms with E-state index in [-0.39, 0.29) is 10.9 Å². The fraction of sp³-hybridized carbons (Fsp3) is 0.320. The van der Waals surface area contributed by atoms with Gasteiger partial charge in [-0.3, -0.25) is 9.69 Å². The Labute approximate surface area is 191 Å². The highest BCUT2D eigenvalue weighted by Gasteiger charge is 2.18. The Kier molecular flexibility index (Phi) is 5.92. The highest BCUT2D eigenvalue weighted by atomic mass is 19.1. The van der Waals surface area contributed by atoms with Gasteiger partial charge in [-0.1, -0.05) is 24.3 Å². The number of piperazine rings is 1. The molecule has 33 heavy (non-hydrogen) atoms. The zero-order valence-electron chi connectivity index (χ0n) is 18.5. The van der Waals surface area contributed by atoms with Gasteiger partial charge in [-0.05, 0) is 49.7 Å². The second kappa shape index (κ2) is 9.15. The number of nitrogens with two attached hydrogens (primary N) is 1. The first-order chi connectivity index (χ1) is 16.1. The number of pyridine rings is 1. The first-order valence-electron chi connectivity index (χ1n) is 11.4. The van der Waals surface area contributed by atoms with Crippen LogP contribution in [-0.2, 0) is 6.42 Å². The van der Waals surface area contributed by atoms with Crippen LogP contribution in [0, 0.1) is 5.82 Å². The van der Waals surface area contributed by atoms with Crippen LogP contribution in [0.25, 0.3) is 21.8 Å². The molecule has 7 nitrogen and oxygen atoms in total. The summed E-state index contributed by atoms with van der Waals surface area (Å²) in [5.74, 6) is 6.88. The van der Waals surface area contributed by atoms with Gasteiger partial charge in [0.15, 0.2) is 0 Å². The largest absolute Gasteiger partial charge is 0.354 e. The van der Waals surface area contributed by atoms with Gasteiger partial charge in [-0.15, -0.1) is 0 Å². The van der Waals surface area contributed by atoms with E-state index in [1.54, 1.807) is 6.07 Å². The zero-order valence-corrected chi connectivity index (χ0v) is 18.5. The van der Waals surface area contributed by atoms with Gasteiger partial charge in [0.2, 0.25) is 0 Å². The molecule has 1 aliphatic rings. The predicted molar refractivity (Wildman–Crippen MR) is 129 cm³/mol. The molecule has 0 unspecified atom stereocenters. The van der Waals surface area contributed by atoms with Crippen LogP contribution in [0.2, 0.25) is 0 Å². The van der Waals surface area contributed by atoms with E-state index >= 15 is 0 Å². The number of hydrogen-bond donors (Lipinski definition) is 1. The van der Waals surface area contributed by atoms with Crippen LogP contribution < -0.4 is 16.3 Å². The second-order valence-electron chi connectivity index (χ2n) is 8.49. The number of hydrogen-bond acceptors (Lipinski definition) is 6. The van der Waals surface area contributed by atoms with Gasteiger partial charge >= 0.3 is 0 Å². The lowest BCUT2D eigenvalue weighted by Crippen LogP contribution is -2.46. The van der Waals surface area contributed by atoms with Crippen molar-refractivity contribution in [2.45, 2.75) is 19.3 Å². The van der Waals surface area contributed by atoms with Crippen molar-refractivity contribution in [2.24, 2.45) is 0 Å². The van der Waals surface area contributed by atoms with E-state index in [9.17, 15) is 9.18 Å². The van der Waals surface area contributed by atoms with E-state index in [1.807, 2.05) is 12.1 Å². The van der Waals surface area contributed by atoms with Crippen molar-refractivity contribution >= 4 is 27.6 Å². The minimum absolute atomic E-state index is 0.0950. The highest BCUT2D eigenvalue weighted by Crippen LogP contribution is 2.19. The van der Waals surface area contributed by atoms with Gasteiger partial charge in [0.05, 0.1) is 10.9 Å². The summed E-state index contributed by atoms with van der Waals surface area (Å²) in [6, 6.07) is 16.8. The van der Waals surface area contributed by atoms with E-state index < -0.39 is 11.4 Å². The maximum Gasteiger partial charge on any atom is 0.279 e. The number of halogens is 1. The van der Waals surface area contributed by atoms with Crippen LogP contribution in [0.5, 0.6) is 0 Å². The maximum atomic E-state index is 14.1. The molecule has 0 saturated carbocycles. The Hall–Kier alpha value is -3.52. The average molecular weight is 447 g/mol. The molecule has 0 radical (unpaired) electrons. The van der Waals surface area contributed by atoms with Gasteiger partial charge < -0.3 is 10.7 Å². The van der Waals surface area contributed by atoms with Gasteiger partial charge in [0.25, 0.3) is 5.56 Å². The predicted octanol–water partition coefficient (Wildman–Crippen LogP) is 2.94. The molecule has 2 aromatic carbocycles. The number of aryl methyl sites for hydroxylation is 1. The maximum absolute atomic E-state index is 14.1. The SMILES string of the molecule is Nn1c(CCCCN2CCN(c3ccc4ccccc4n3)CC2)nc2c(F)cccc2c1=O. The molecule has 0 aliphatic carbocycles. The third-order valence-electron chi connectivity index (χ3n) is 6.36. The number of aromatic nitrogens is 3. The van der Waals surface area contributed by atoms with Gasteiger partial charge in [-0.25, -0.2) is 19.0 Å². The summed E-state index contributed by atoms with van der Waals surface area (Å²) in [5, 5.41) is 1.37. The summed E-state index contributed by atoms with van der Waals surface area (Å²) in [6.45, 7) is 4.82. The third kappa shape index (κ3) is 4.39. The molecule has 3 heterocycles. The summed E-state index contributed by atoms with van der Waals surface area (Å²) in [6.07, 6.45) is 2.33. The smallest absolute Gasteiger partial charge is 0.279 e. The zero-order chi connectivity index (χ0) is 22.8. The molecule has 0 atom stereocenters. The molecule has 2 N–H and O–H groups in total. The van der Waals surface area contributed by atoms with Crippen molar-refractivity contribution < 1.29 is 4.39 Å². The standard InChI is InChI=1S/C25H27FN6O/c26-20-8-5-7-19-24(20)29-23(32(27)25(19)33)10-3-4-13-30-14-16-31(17-15-30)22-12-11-18-6-1-2-9-21(18)28-22/h1-2,5-9,11-12H,3-4,10,13-17,27H2. The lowest BCUT2D eigenvalue weighted by atomic mass is 10.2. The van der Waals surface area contributed by atoms with Gasteiger partial charge in [0.1, 0.15) is 23.0 Å². The lowest BCUT2D eigenvalue weighted by Gasteiger charge is -2.35. The highest BCUT2D eigenvalue weighted by molar-refractivity contribution is 5.80. The lowest BCUT2D eigenvalue weighted by molar-refractivity contribution is 0.252. The first kappa shape index (κ1) is 21.3. The molecule has 1 saturated heterocycles. The number of para-hydroxylation sites is 2. The molecule has 2 aromatic heterocycles. The normalized spacial score (nSPS) is 14.9. The molecule has 1 fully saturated rings. The molecule has 1 aliphatic heterocycles. The van der Waals surface area contributed by atoms with E-state index in [4.69, 9.17) is 10.8 Å². The fourth-order valence-electron chi connectivity index (χ4n) is 4.46. The molecule has 0 bridgehead atoms. The van der Waals surface area contributed by atoms with Crippen molar-refractivity contribution in [2.75, 3.05) is 43.5 Å². The Bertz CT molecular complexity index is 1350. The summed E-state index contributed by atoms with van der Waals surface area (Å²) in [5.41, 5.74) is 0.712. The molecule has 4 aromatic rings. The van der Waals surface area contributed by atoms with Crippen LogP contribution in [0.15, 0.2) is 59.4 Å². The van der Waals surface area contributed by atoms with E-state index in [1.165, 1.54) is 12.1 Å². The average Bonchev–Trinajstić information content (AvgIpc) is 2.85. The monoisotopic (exact) mass is 446 g/mol. The van der Waals surface area contributed by atoms with Gasteiger partial charge in [0, 0.05) is 38.0 Å². The molecule has 5 rings (SSSR count). The molecule has 0 amide bonds. The minimum Gasteiger partial charge on any atom is -0.354 e. The number of nitrogens with zero attached hydrogens (tertiary/aromatic N) is 5. The number of benzene rings is 2. The fourth-order valence-corrected chi connectivity index (χ4v) is 4.46. The third-order valence-corrected chi connectivity index (χ3v) is 6.36. The van der Waals surface area contributed by atoms with Crippen LogP contribution >= 0.6 is 0 Å². The summed E-state index contributed by atoms with van der Waals surface area (Å²) >= 11 is 0. The van der Waals surface area contributed by atoms with Crippen LogP contribution in [0.1, 0.15) is 18.7 Å². The van der Waals surface area contributed by atoms with E-state index in [0.29, 0.717) is 12.2 Å². The van der Waals surface area contributed by atoms with Crippen LogP contribution in [0.3, 0.4) is 0 Å². The van der Waals surface area contributed by atoms with Crippen molar-refractivity contribution in [3.63, 3.8) is 0 Å². The van der Waals surface area contributed by atoms with Crippen LogP contribution in [-0.4, -0.2) is 52.3 Å². The van der Waals surface area contributed by atoms with E-state index in [2.05, 4.69) is 39.0 Å². The topological polar surface area (TPSA) is 80.3 Å². The summed E-state index contributed by atoms with van der Waals surface area (Å²) < 4.78 is 15.1. The Morgan fingerprint density at radius 3 is 2.58 bits per heavy atom. The van der Waals surface area contributed by atoms with Crippen molar-refractivity contribution in [3.05, 3.63) is 76.6 Å². The molecule has 8 heteroatoms. The van der Waals surface area contributed by atoms with Crippen LogP contribution in [0.4, 0.5) is 10.2 Å². The van der Waals surface area contributed by atoms with Crippen molar-refractivity contribution in [1.82, 2.24) is 19.5 Å². The number of nitrogen functional groups attached to an aromatic ring is 1. The molecular formula is C25H27FN6O. The number of fused-ring (bicyclic) bond motifs is 2. The van der Waals surface area contributed by atoms with E-state index in [0.717, 1.165) is 67.0 Å². The number of anilines is 1. The Morgan fingerprint density at radius 1 is 0.909 bits per heavy atom. The number of rotatable bonds is 6. The first-order valence-corrected chi connectivity index (χ1v) is 11.4. The Balaban J connectivity index is 1.13. The van der Waals surface area contributed by atoms with Crippen molar-refractivity contribution in [3.8, 4) is 0 Å². The summed E-state index contributed by atoms with van der Waals surface area (Å²) in [4.78, 5) is 26.3. The molecule has 170 valence electrons. The Morgan fingerprint density at radius 2 is 1.73 bits per heavy atom. The van der Waals surface area contributed by atoms with Crippen molar-refractivity contribution in [1.29, 1.82) is 0 Å². The molecule has 0 spiro atoms. The summed E-state index contributed by atoms with van der Waals surface area (Å²) in [7, 11) is 0. The number of unbranched alkanes of at least 4 members (excludes halogenated alkanes) is 1. The quantitative estimate of drug-likeness (QED) is 0.362. The molecular weight excluding hydrogens is 419 g/mol. The van der Waals surface area contributed by atoms with Gasteiger partial charge in [-0.2, -0.15) is 0 Å². The minimum atomic E-state index is -0.495. The second-order valence-corrected chi connectivity index (χ2v) is 8.49.